The lowest BCUT2D eigenvalue weighted by atomic mass is 10.1. The van der Waals surface area contributed by atoms with Gasteiger partial charge in [-0.25, -0.2) is 0 Å². The number of amides is 1. The molecule has 1 amide bonds. The minimum Gasteiger partial charge on any atom is -0.484 e. The molecule has 1 rings (SSSR count). The minimum atomic E-state index is -0.0678. The van der Waals surface area contributed by atoms with Crippen molar-refractivity contribution < 1.29 is 9.53 Å². The van der Waals surface area contributed by atoms with Crippen molar-refractivity contribution in [2.24, 2.45) is 0 Å². The van der Waals surface area contributed by atoms with Crippen LogP contribution in [0.4, 0.5) is 0 Å². The first kappa shape index (κ1) is 12.6. The third-order valence-corrected chi connectivity index (χ3v) is 2.26. The molecular formula is C13H19NO2. The molecule has 0 aliphatic carbocycles. The van der Waals surface area contributed by atoms with Gasteiger partial charge in [0, 0.05) is 6.54 Å². The van der Waals surface area contributed by atoms with Crippen molar-refractivity contribution in [3.05, 3.63) is 29.3 Å². The first-order valence-electron chi connectivity index (χ1n) is 5.60. The van der Waals surface area contributed by atoms with Gasteiger partial charge in [0.1, 0.15) is 5.75 Å². The second kappa shape index (κ2) is 6.16. The number of hydrogen-bond donors (Lipinski definition) is 1. The quantitative estimate of drug-likeness (QED) is 0.827. The summed E-state index contributed by atoms with van der Waals surface area (Å²) in [6, 6.07) is 5.92. The Labute approximate surface area is 96.8 Å². The molecule has 88 valence electrons. The van der Waals surface area contributed by atoms with E-state index in [1.54, 1.807) is 0 Å². The molecule has 16 heavy (non-hydrogen) atoms. The molecule has 1 N–H and O–H groups in total. The van der Waals surface area contributed by atoms with Gasteiger partial charge in [-0.1, -0.05) is 24.6 Å². The molecule has 0 aliphatic heterocycles. The summed E-state index contributed by atoms with van der Waals surface area (Å²) >= 11 is 0. The Morgan fingerprint density at radius 3 is 2.75 bits per heavy atom. The summed E-state index contributed by atoms with van der Waals surface area (Å²) < 4.78 is 5.44. The van der Waals surface area contributed by atoms with Crippen molar-refractivity contribution in [3.63, 3.8) is 0 Å². The maximum Gasteiger partial charge on any atom is 0.257 e. The van der Waals surface area contributed by atoms with Crippen LogP contribution in [-0.4, -0.2) is 19.1 Å². The third kappa shape index (κ3) is 3.93. The van der Waals surface area contributed by atoms with Gasteiger partial charge < -0.3 is 10.1 Å². The lowest BCUT2D eigenvalue weighted by Crippen LogP contribution is -2.29. The van der Waals surface area contributed by atoms with Crippen LogP contribution >= 0.6 is 0 Å². The lowest BCUT2D eigenvalue weighted by molar-refractivity contribution is -0.123. The Morgan fingerprint density at radius 1 is 1.38 bits per heavy atom. The van der Waals surface area contributed by atoms with Crippen LogP contribution in [0.2, 0.25) is 0 Å². The monoisotopic (exact) mass is 221 g/mol. The zero-order valence-electron chi connectivity index (χ0n) is 10.2. The van der Waals surface area contributed by atoms with E-state index in [0.29, 0.717) is 6.54 Å². The highest BCUT2D eigenvalue weighted by molar-refractivity contribution is 5.77. The summed E-state index contributed by atoms with van der Waals surface area (Å²) in [5.41, 5.74) is 2.25. The number of rotatable bonds is 5. The maximum atomic E-state index is 11.3. The topological polar surface area (TPSA) is 38.3 Å². The molecule has 0 fully saturated rings. The molecular weight excluding hydrogens is 202 g/mol. The van der Waals surface area contributed by atoms with E-state index in [0.717, 1.165) is 17.7 Å². The van der Waals surface area contributed by atoms with Gasteiger partial charge >= 0.3 is 0 Å². The van der Waals surface area contributed by atoms with E-state index in [4.69, 9.17) is 4.74 Å². The second-order valence-electron chi connectivity index (χ2n) is 3.91. The van der Waals surface area contributed by atoms with Gasteiger partial charge in [0.2, 0.25) is 0 Å². The molecule has 0 aliphatic rings. The number of carbonyl (C=O) groups is 1. The fourth-order valence-corrected chi connectivity index (χ4v) is 1.42. The van der Waals surface area contributed by atoms with Gasteiger partial charge in [0.25, 0.3) is 5.91 Å². The van der Waals surface area contributed by atoms with E-state index in [2.05, 4.69) is 5.32 Å². The number of hydrogen-bond acceptors (Lipinski definition) is 2. The zero-order valence-corrected chi connectivity index (χ0v) is 10.2. The van der Waals surface area contributed by atoms with Crippen molar-refractivity contribution in [2.45, 2.75) is 27.2 Å². The first-order chi connectivity index (χ1) is 7.63. The van der Waals surface area contributed by atoms with Gasteiger partial charge in [-0.05, 0) is 31.9 Å². The van der Waals surface area contributed by atoms with Gasteiger partial charge in [0.15, 0.2) is 6.61 Å². The van der Waals surface area contributed by atoms with Crippen LogP contribution in [-0.2, 0) is 4.79 Å². The summed E-state index contributed by atoms with van der Waals surface area (Å²) in [7, 11) is 0. The standard InChI is InChI=1S/C13H19NO2/c1-4-7-14-13(15)9-16-12-6-5-10(2)8-11(12)3/h5-6,8H,4,7,9H2,1-3H3,(H,14,15). The Hall–Kier alpha value is -1.51. The second-order valence-corrected chi connectivity index (χ2v) is 3.91. The van der Waals surface area contributed by atoms with Crippen LogP contribution in [0.15, 0.2) is 18.2 Å². The fourth-order valence-electron chi connectivity index (χ4n) is 1.42. The van der Waals surface area contributed by atoms with E-state index in [-0.39, 0.29) is 12.5 Å². The summed E-state index contributed by atoms with van der Waals surface area (Å²) in [6.45, 7) is 6.82. The molecule has 0 heterocycles. The van der Waals surface area contributed by atoms with Crippen molar-refractivity contribution >= 4 is 5.91 Å². The van der Waals surface area contributed by atoms with Gasteiger partial charge in [-0.2, -0.15) is 0 Å². The Bertz CT molecular complexity index is 361. The number of carbonyl (C=O) groups excluding carboxylic acids is 1. The summed E-state index contributed by atoms with van der Waals surface area (Å²) in [6.07, 6.45) is 0.940. The largest absolute Gasteiger partial charge is 0.484 e. The fraction of sp³-hybridized carbons (Fsp3) is 0.462. The molecule has 0 spiro atoms. The van der Waals surface area contributed by atoms with E-state index < -0.39 is 0 Å². The smallest absolute Gasteiger partial charge is 0.257 e. The SMILES string of the molecule is CCCNC(=O)COc1ccc(C)cc1C. The van der Waals surface area contributed by atoms with Gasteiger partial charge in [-0.15, -0.1) is 0 Å². The predicted molar refractivity (Wildman–Crippen MR) is 64.7 cm³/mol. The molecule has 0 unspecified atom stereocenters. The Kier molecular flexibility index (Phi) is 4.83. The molecule has 0 saturated heterocycles. The minimum absolute atomic E-state index is 0.0678. The molecule has 0 atom stereocenters. The average molecular weight is 221 g/mol. The van der Waals surface area contributed by atoms with Crippen molar-refractivity contribution in [1.82, 2.24) is 5.32 Å². The molecule has 0 bridgehead atoms. The van der Waals surface area contributed by atoms with Gasteiger partial charge in [0.05, 0.1) is 0 Å². The van der Waals surface area contributed by atoms with Crippen LogP contribution in [0.25, 0.3) is 0 Å². The van der Waals surface area contributed by atoms with Crippen LogP contribution < -0.4 is 10.1 Å². The number of nitrogens with one attached hydrogen (secondary N) is 1. The zero-order chi connectivity index (χ0) is 12.0. The normalized spacial score (nSPS) is 9.94. The van der Waals surface area contributed by atoms with Crippen molar-refractivity contribution in [1.29, 1.82) is 0 Å². The molecule has 0 aromatic heterocycles. The first-order valence-corrected chi connectivity index (χ1v) is 5.60. The predicted octanol–water partition coefficient (Wildman–Crippen LogP) is 2.21. The lowest BCUT2D eigenvalue weighted by Gasteiger charge is -2.09. The van der Waals surface area contributed by atoms with Crippen LogP contribution in [0.5, 0.6) is 5.75 Å². The molecule has 1 aromatic rings. The maximum absolute atomic E-state index is 11.3. The van der Waals surface area contributed by atoms with E-state index in [9.17, 15) is 4.79 Å². The molecule has 3 heteroatoms. The van der Waals surface area contributed by atoms with E-state index >= 15 is 0 Å². The highest BCUT2D eigenvalue weighted by atomic mass is 16.5. The third-order valence-electron chi connectivity index (χ3n) is 2.26. The molecule has 3 nitrogen and oxygen atoms in total. The van der Waals surface area contributed by atoms with Crippen molar-refractivity contribution in [2.75, 3.05) is 13.2 Å². The summed E-state index contributed by atoms with van der Waals surface area (Å²) in [5, 5.41) is 2.77. The van der Waals surface area contributed by atoms with E-state index in [1.807, 2.05) is 39.0 Å². The summed E-state index contributed by atoms with van der Waals surface area (Å²) in [5.74, 6) is 0.707. The highest BCUT2D eigenvalue weighted by Gasteiger charge is 2.03. The summed E-state index contributed by atoms with van der Waals surface area (Å²) in [4.78, 5) is 11.3. The average Bonchev–Trinajstić information content (AvgIpc) is 2.25. The molecule has 1 aromatic carbocycles. The Morgan fingerprint density at radius 2 is 2.12 bits per heavy atom. The van der Waals surface area contributed by atoms with E-state index in [1.165, 1.54) is 5.56 Å². The highest BCUT2D eigenvalue weighted by Crippen LogP contribution is 2.18. The van der Waals surface area contributed by atoms with Crippen LogP contribution in [0, 0.1) is 13.8 Å². The van der Waals surface area contributed by atoms with Gasteiger partial charge in [-0.3, -0.25) is 4.79 Å². The Balaban J connectivity index is 2.45. The molecule has 0 saturated carbocycles. The van der Waals surface area contributed by atoms with Crippen molar-refractivity contribution in [3.8, 4) is 5.75 Å². The van der Waals surface area contributed by atoms with Crippen LogP contribution in [0.3, 0.4) is 0 Å². The number of ether oxygens (including phenoxy) is 1. The van der Waals surface area contributed by atoms with Crippen LogP contribution in [0.1, 0.15) is 24.5 Å². The molecule has 0 radical (unpaired) electrons. The number of aryl methyl sites for hydroxylation is 2. The number of benzene rings is 1.